The van der Waals surface area contributed by atoms with Crippen molar-refractivity contribution in [2.75, 3.05) is 6.61 Å². The van der Waals surface area contributed by atoms with Crippen molar-refractivity contribution >= 4 is 17.6 Å². The lowest BCUT2D eigenvalue weighted by Gasteiger charge is -2.16. The fourth-order valence-electron chi connectivity index (χ4n) is 3.42. The van der Waals surface area contributed by atoms with Crippen molar-refractivity contribution < 1.29 is 23.0 Å². The summed E-state index contributed by atoms with van der Waals surface area (Å²) in [5.74, 6) is -1.82. The number of aromatic nitrogens is 5. The Morgan fingerprint density at radius 2 is 1.89 bits per heavy atom. The highest BCUT2D eigenvalue weighted by molar-refractivity contribution is 6.31. The highest BCUT2D eigenvalue weighted by Gasteiger charge is 2.18. The minimum atomic E-state index is -0.874. The van der Waals surface area contributed by atoms with Crippen LogP contribution >= 0.6 is 11.6 Å². The predicted molar refractivity (Wildman–Crippen MR) is 126 cm³/mol. The van der Waals surface area contributed by atoms with E-state index in [1.54, 1.807) is 33.0 Å². The number of carbonyl (C=O) groups is 1. The third kappa shape index (κ3) is 4.96. The van der Waals surface area contributed by atoms with Crippen molar-refractivity contribution in [3.05, 3.63) is 92.5 Å². The average Bonchev–Trinajstić information content (AvgIpc) is 3.33. The Labute approximate surface area is 208 Å². The lowest BCUT2D eigenvalue weighted by Crippen LogP contribution is -2.23. The molecule has 0 aliphatic heterocycles. The molecule has 0 aliphatic rings. The molecule has 0 spiro atoms. The topological polar surface area (TPSA) is 101 Å². The molecule has 0 aliphatic carbocycles. The number of carbonyl (C=O) groups excluding carboxylic acids is 1. The summed E-state index contributed by atoms with van der Waals surface area (Å²) in [6.07, 6.45) is 5.26. The quantitative estimate of drug-likeness (QED) is 0.341. The van der Waals surface area contributed by atoms with Gasteiger partial charge in [0.25, 0.3) is 5.56 Å². The van der Waals surface area contributed by atoms with Crippen LogP contribution in [0.25, 0.3) is 11.5 Å². The minimum Gasteiger partial charge on any atom is -0.485 e. The van der Waals surface area contributed by atoms with Crippen LogP contribution < -0.4 is 10.3 Å². The molecule has 0 atom stereocenters. The van der Waals surface area contributed by atoms with E-state index in [0.717, 1.165) is 6.20 Å². The van der Waals surface area contributed by atoms with Gasteiger partial charge >= 0.3 is 5.97 Å². The first kappa shape index (κ1) is 25.0. The molecular formula is C24H20ClF2N5O4. The van der Waals surface area contributed by atoms with E-state index in [9.17, 15) is 18.4 Å². The number of nitrogens with zero attached hydrogens (tertiary/aromatic N) is 5. The molecule has 4 rings (SSSR count). The number of hydrogen-bond donors (Lipinski definition) is 0. The zero-order chi connectivity index (χ0) is 26.0. The summed E-state index contributed by atoms with van der Waals surface area (Å²) in [5, 5.41) is 3.92. The summed E-state index contributed by atoms with van der Waals surface area (Å²) in [4.78, 5) is 33.2. The zero-order valence-corrected chi connectivity index (χ0v) is 20.2. The molecule has 9 nitrogen and oxygen atoms in total. The second-order valence-corrected chi connectivity index (χ2v) is 8.08. The molecule has 0 radical (unpaired) electrons. The molecule has 0 N–H and O–H groups in total. The van der Waals surface area contributed by atoms with Crippen molar-refractivity contribution in [1.82, 2.24) is 24.3 Å². The molecule has 4 aromatic rings. The van der Waals surface area contributed by atoms with E-state index in [-0.39, 0.29) is 35.2 Å². The van der Waals surface area contributed by atoms with E-state index >= 15 is 0 Å². The highest BCUT2D eigenvalue weighted by atomic mass is 35.5. The third-order valence-corrected chi connectivity index (χ3v) is 5.53. The van der Waals surface area contributed by atoms with E-state index in [2.05, 4.69) is 15.1 Å². The van der Waals surface area contributed by atoms with Crippen LogP contribution in [0.15, 0.2) is 47.8 Å². The van der Waals surface area contributed by atoms with Crippen molar-refractivity contribution in [3.8, 4) is 17.3 Å². The van der Waals surface area contributed by atoms with E-state index in [1.165, 1.54) is 27.7 Å². The maximum atomic E-state index is 13.9. The fourth-order valence-corrected chi connectivity index (χ4v) is 3.61. The number of hydrogen-bond acceptors (Lipinski definition) is 7. The first-order valence-corrected chi connectivity index (χ1v) is 11.1. The molecule has 12 heteroatoms. The Balaban J connectivity index is 1.67. The summed E-state index contributed by atoms with van der Waals surface area (Å²) in [5.41, 5.74) is 1.17. The first-order valence-electron chi connectivity index (χ1n) is 10.7. The van der Waals surface area contributed by atoms with Crippen molar-refractivity contribution in [1.29, 1.82) is 0 Å². The molecule has 0 saturated carbocycles. The second-order valence-electron chi connectivity index (χ2n) is 7.70. The van der Waals surface area contributed by atoms with Crippen molar-refractivity contribution in [3.63, 3.8) is 0 Å². The molecule has 0 saturated heterocycles. The van der Waals surface area contributed by atoms with Gasteiger partial charge in [0.2, 0.25) is 0 Å². The maximum Gasteiger partial charge on any atom is 0.341 e. The van der Waals surface area contributed by atoms with Gasteiger partial charge in [0.1, 0.15) is 28.9 Å². The average molecular weight is 516 g/mol. The van der Waals surface area contributed by atoms with E-state index < -0.39 is 23.2 Å². The standard InChI is InChI=1S/C24H20ClF2N5O4/c1-4-35-24(34)15-9-30-31(11-15)21-7-19(13(2)8-29-21)32-14(3)5-20(22(25)23(32)33)36-12-18-17(27)6-16(26)10-28-18/h5-11H,4,12H2,1-3H3. The Bertz CT molecular complexity index is 1520. The SMILES string of the molecule is CCOC(=O)c1cnn(-c2cc(-n3c(C)cc(OCc4ncc(F)cc4F)c(Cl)c3=O)c(C)cn2)c1. The van der Waals surface area contributed by atoms with Gasteiger partial charge in [-0.05, 0) is 26.3 Å². The van der Waals surface area contributed by atoms with Crippen LogP contribution in [0.3, 0.4) is 0 Å². The number of esters is 1. The largest absolute Gasteiger partial charge is 0.485 e. The number of rotatable bonds is 7. The monoisotopic (exact) mass is 515 g/mol. The Kier molecular flexibility index (Phi) is 7.11. The predicted octanol–water partition coefficient (Wildman–Crippen LogP) is 4.12. The molecule has 4 aromatic heterocycles. The van der Waals surface area contributed by atoms with Crippen molar-refractivity contribution in [2.45, 2.75) is 27.4 Å². The molecule has 0 unspecified atom stereocenters. The molecule has 36 heavy (non-hydrogen) atoms. The maximum absolute atomic E-state index is 13.9. The smallest absolute Gasteiger partial charge is 0.341 e. The van der Waals surface area contributed by atoms with Gasteiger partial charge in [-0.1, -0.05) is 11.6 Å². The minimum absolute atomic E-state index is 0.0269. The van der Waals surface area contributed by atoms with Gasteiger partial charge in [-0.3, -0.25) is 14.3 Å². The van der Waals surface area contributed by atoms with Crippen LogP contribution in [-0.2, 0) is 11.3 Å². The first-order chi connectivity index (χ1) is 17.2. The number of pyridine rings is 3. The van der Waals surface area contributed by atoms with Crippen molar-refractivity contribution in [2.24, 2.45) is 0 Å². The van der Waals surface area contributed by atoms with Gasteiger partial charge in [0.15, 0.2) is 11.6 Å². The van der Waals surface area contributed by atoms with Gasteiger partial charge in [0, 0.05) is 36.3 Å². The van der Waals surface area contributed by atoms with E-state index in [0.29, 0.717) is 28.8 Å². The van der Waals surface area contributed by atoms with Gasteiger partial charge in [0.05, 0.1) is 30.3 Å². The van der Waals surface area contributed by atoms with Crippen LogP contribution in [-0.4, -0.2) is 36.9 Å². The van der Waals surface area contributed by atoms with Gasteiger partial charge in [-0.25, -0.2) is 23.2 Å². The molecule has 186 valence electrons. The van der Waals surface area contributed by atoms with Crippen LogP contribution in [0.1, 0.15) is 34.2 Å². The third-order valence-electron chi connectivity index (χ3n) is 5.18. The van der Waals surface area contributed by atoms with Crippen LogP contribution in [0.2, 0.25) is 5.02 Å². The Morgan fingerprint density at radius 1 is 1.11 bits per heavy atom. The number of aryl methyl sites for hydroxylation is 2. The normalized spacial score (nSPS) is 10.9. The number of halogens is 3. The zero-order valence-electron chi connectivity index (χ0n) is 19.5. The van der Waals surface area contributed by atoms with E-state index in [4.69, 9.17) is 21.1 Å². The van der Waals surface area contributed by atoms with Crippen LogP contribution in [0.5, 0.6) is 5.75 Å². The molecule has 0 aromatic carbocycles. The van der Waals surface area contributed by atoms with Crippen LogP contribution in [0, 0.1) is 25.5 Å². The highest BCUT2D eigenvalue weighted by Crippen LogP contribution is 2.26. The molecule has 4 heterocycles. The number of ether oxygens (including phenoxy) is 2. The molecule has 0 amide bonds. The molecule has 0 bridgehead atoms. The second kappa shape index (κ2) is 10.2. The van der Waals surface area contributed by atoms with E-state index in [1.807, 2.05) is 0 Å². The molecule has 0 fully saturated rings. The summed E-state index contributed by atoms with van der Waals surface area (Å²) in [6.45, 7) is 5.03. The molecular weight excluding hydrogens is 496 g/mol. The van der Waals surface area contributed by atoms with Crippen LogP contribution in [0.4, 0.5) is 8.78 Å². The lowest BCUT2D eigenvalue weighted by molar-refractivity contribution is 0.0526. The summed E-state index contributed by atoms with van der Waals surface area (Å²) >= 11 is 6.31. The lowest BCUT2D eigenvalue weighted by atomic mass is 10.2. The Hall–Kier alpha value is -4.12. The van der Waals surface area contributed by atoms with Gasteiger partial charge in [-0.2, -0.15) is 5.10 Å². The van der Waals surface area contributed by atoms with Gasteiger partial charge in [-0.15, -0.1) is 0 Å². The summed E-state index contributed by atoms with van der Waals surface area (Å²) < 4.78 is 40.2. The fraction of sp³-hybridized carbons (Fsp3) is 0.208. The summed E-state index contributed by atoms with van der Waals surface area (Å²) in [7, 11) is 0. The Morgan fingerprint density at radius 3 is 2.61 bits per heavy atom. The summed E-state index contributed by atoms with van der Waals surface area (Å²) in [6, 6.07) is 3.84. The van der Waals surface area contributed by atoms with Gasteiger partial charge < -0.3 is 9.47 Å².